The Morgan fingerprint density at radius 3 is 2.86 bits per heavy atom. The summed E-state index contributed by atoms with van der Waals surface area (Å²) in [4.78, 5) is 11.0. The third-order valence-electron chi connectivity index (χ3n) is 3.62. The van der Waals surface area contributed by atoms with Crippen molar-refractivity contribution in [3.8, 4) is 0 Å². The number of hydrogen-bond acceptors (Lipinski definition) is 4. The highest BCUT2D eigenvalue weighted by molar-refractivity contribution is 6.29. The van der Waals surface area contributed by atoms with Gasteiger partial charge < -0.3 is 9.64 Å². The van der Waals surface area contributed by atoms with E-state index in [1.165, 1.54) is 11.1 Å². The first-order valence-electron chi connectivity index (χ1n) is 7.19. The predicted molar refractivity (Wildman–Crippen MR) is 83.6 cm³/mol. The first kappa shape index (κ1) is 14.3. The van der Waals surface area contributed by atoms with E-state index < -0.39 is 0 Å². The van der Waals surface area contributed by atoms with Crippen LogP contribution in [-0.2, 0) is 24.3 Å². The SMILES string of the molecule is CCOCc1nc(Cl)cc(N2CCc3ccccc3C2)n1. The number of aromatic nitrogens is 2. The van der Waals surface area contributed by atoms with Gasteiger partial charge in [0, 0.05) is 25.8 Å². The molecule has 4 nitrogen and oxygen atoms in total. The van der Waals surface area contributed by atoms with Crippen LogP contribution in [-0.4, -0.2) is 23.1 Å². The van der Waals surface area contributed by atoms with Crippen LogP contribution in [0.4, 0.5) is 5.82 Å². The van der Waals surface area contributed by atoms with Gasteiger partial charge in [-0.3, -0.25) is 0 Å². The van der Waals surface area contributed by atoms with Crippen molar-refractivity contribution in [3.05, 3.63) is 52.4 Å². The summed E-state index contributed by atoms with van der Waals surface area (Å²) in [5.41, 5.74) is 2.77. The summed E-state index contributed by atoms with van der Waals surface area (Å²) < 4.78 is 5.37. The Labute approximate surface area is 129 Å². The van der Waals surface area contributed by atoms with Crippen molar-refractivity contribution in [1.29, 1.82) is 0 Å². The second kappa shape index (κ2) is 6.41. The summed E-state index contributed by atoms with van der Waals surface area (Å²) >= 11 is 6.12. The summed E-state index contributed by atoms with van der Waals surface area (Å²) in [6.45, 7) is 4.79. The fourth-order valence-electron chi connectivity index (χ4n) is 2.56. The van der Waals surface area contributed by atoms with E-state index in [4.69, 9.17) is 16.3 Å². The van der Waals surface area contributed by atoms with Crippen LogP contribution in [0.1, 0.15) is 23.9 Å². The van der Waals surface area contributed by atoms with Gasteiger partial charge in [0.2, 0.25) is 0 Å². The van der Waals surface area contributed by atoms with Gasteiger partial charge in [0.1, 0.15) is 17.6 Å². The molecule has 1 aliphatic rings. The molecule has 1 aromatic heterocycles. The number of rotatable bonds is 4. The molecule has 1 aliphatic heterocycles. The lowest BCUT2D eigenvalue weighted by atomic mass is 10.00. The molecule has 0 fully saturated rings. The van der Waals surface area contributed by atoms with E-state index in [1.54, 1.807) is 0 Å². The highest BCUT2D eigenvalue weighted by atomic mass is 35.5. The van der Waals surface area contributed by atoms with Gasteiger partial charge in [-0.25, -0.2) is 9.97 Å². The Morgan fingerprint density at radius 2 is 2.05 bits per heavy atom. The molecule has 0 amide bonds. The van der Waals surface area contributed by atoms with Crippen LogP contribution in [0.2, 0.25) is 5.15 Å². The van der Waals surface area contributed by atoms with Crippen LogP contribution >= 0.6 is 11.6 Å². The Bertz CT molecular complexity index is 633. The average Bonchev–Trinajstić information content (AvgIpc) is 2.52. The summed E-state index contributed by atoms with van der Waals surface area (Å²) in [6, 6.07) is 10.4. The van der Waals surface area contributed by atoms with Crippen LogP contribution < -0.4 is 4.90 Å². The summed E-state index contributed by atoms with van der Waals surface area (Å²) in [6.07, 6.45) is 1.03. The molecule has 2 aromatic rings. The zero-order chi connectivity index (χ0) is 14.7. The highest BCUT2D eigenvalue weighted by Gasteiger charge is 2.18. The molecule has 0 aliphatic carbocycles. The minimum atomic E-state index is 0.397. The van der Waals surface area contributed by atoms with Gasteiger partial charge >= 0.3 is 0 Å². The quantitative estimate of drug-likeness (QED) is 0.813. The highest BCUT2D eigenvalue weighted by Crippen LogP contribution is 2.24. The van der Waals surface area contributed by atoms with Gasteiger partial charge in [-0.15, -0.1) is 0 Å². The summed E-state index contributed by atoms with van der Waals surface area (Å²) in [7, 11) is 0. The van der Waals surface area contributed by atoms with Crippen molar-refractivity contribution in [1.82, 2.24) is 9.97 Å². The maximum absolute atomic E-state index is 6.12. The van der Waals surface area contributed by atoms with E-state index >= 15 is 0 Å². The van der Waals surface area contributed by atoms with Gasteiger partial charge in [0.15, 0.2) is 5.82 Å². The standard InChI is InChI=1S/C16H18ClN3O/c1-2-21-11-15-18-14(17)9-16(19-15)20-8-7-12-5-3-4-6-13(12)10-20/h3-6,9H,2,7-8,10-11H2,1H3. The van der Waals surface area contributed by atoms with Crippen molar-refractivity contribution < 1.29 is 4.74 Å². The Kier molecular flexibility index (Phi) is 4.36. The number of nitrogens with zero attached hydrogens (tertiary/aromatic N) is 3. The third kappa shape index (κ3) is 3.34. The van der Waals surface area contributed by atoms with E-state index in [9.17, 15) is 0 Å². The van der Waals surface area contributed by atoms with Crippen molar-refractivity contribution in [2.24, 2.45) is 0 Å². The normalized spacial score (nSPS) is 14.1. The second-order valence-electron chi connectivity index (χ2n) is 5.04. The minimum Gasteiger partial charge on any atom is -0.374 e. The monoisotopic (exact) mass is 303 g/mol. The van der Waals surface area contributed by atoms with Crippen molar-refractivity contribution in [2.75, 3.05) is 18.1 Å². The molecular weight excluding hydrogens is 286 g/mol. The lowest BCUT2D eigenvalue weighted by molar-refractivity contribution is 0.128. The molecule has 110 valence electrons. The molecule has 3 rings (SSSR count). The van der Waals surface area contributed by atoms with Crippen LogP contribution in [0, 0.1) is 0 Å². The number of ether oxygens (including phenoxy) is 1. The van der Waals surface area contributed by atoms with Crippen LogP contribution in [0.3, 0.4) is 0 Å². The molecule has 21 heavy (non-hydrogen) atoms. The van der Waals surface area contributed by atoms with Crippen LogP contribution in [0.25, 0.3) is 0 Å². The average molecular weight is 304 g/mol. The Morgan fingerprint density at radius 1 is 1.24 bits per heavy atom. The van der Waals surface area contributed by atoms with Crippen molar-refractivity contribution in [2.45, 2.75) is 26.5 Å². The summed E-state index contributed by atoms with van der Waals surface area (Å²) in [5.74, 6) is 1.51. The lowest BCUT2D eigenvalue weighted by Gasteiger charge is -2.30. The zero-order valence-corrected chi connectivity index (χ0v) is 12.8. The fraction of sp³-hybridized carbons (Fsp3) is 0.375. The molecule has 0 bridgehead atoms. The first-order valence-corrected chi connectivity index (χ1v) is 7.57. The van der Waals surface area contributed by atoms with E-state index in [-0.39, 0.29) is 0 Å². The lowest BCUT2D eigenvalue weighted by Crippen LogP contribution is -2.31. The minimum absolute atomic E-state index is 0.397. The molecule has 0 saturated heterocycles. The van der Waals surface area contributed by atoms with E-state index in [0.29, 0.717) is 24.2 Å². The van der Waals surface area contributed by atoms with Gasteiger partial charge in [-0.05, 0) is 24.5 Å². The topological polar surface area (TPSA) is 38.2 Å². The van der Waals surface area contributed by atoms with E-state index in [0.717, 1.165) is 25.3 Å². The molecule has 1 aromatic carbocycles. The maximum Gasteiger partial charge on any atom is 0.158 e. The molecule has 0 spiro atoms. The zero-order valence-electron chi connectivity index (χ0n) is 12.1. The Hall–Kier alpha value is -1.65. The predicted octanol–water partition coefficient (Wildman–Crippen LogP) is 3.23. The molecule has 5 heteroatoms. The van der Waals surface area contributed by atoms with E-state index in [1.807, 2.05) is 13.0 Å². The van der Waals surface area contributed by atoms with Gasteiger partial charge in [-0.1, -0.05) is 35.9 Å². The maximum atomic E-state index is 6.12. The van der Waals surface area contributed by atoms with Crippen LogP contribution in [0.15, 0.2) is 30.3 Å². The van der Waals surface area contributed by atoms with Gasteiger partial charge in [0.25, 0.3) is 0 Å². The number of benzene rings is 1. The molecule has 0 unspecified atom stereocenters. The summed E-state index contributed by atoms with van der Waals surface area (Å²) in [5, 5.41) is 0.466. The first-order chi connectivity index (χ1) is 10.3. The fourth-order valence-corrected chi connectivity index (χ4v) is 2.76. The molecule has 0 atom stereocenters. The smallest absolute Gasteiger partial charge is 0.158 e. The van der Waals surface area contributed by atoms with Crippen molar-refractivity contribution in [3.63, 3.8) is 0 Å². The van der Waals surface area contributed by atoms with Crippen molar-refractivity contribution >= 4 is 17.4 Å². The number of hydrogen-bond donors (Lipinski definition) is 0. The van der Waals surface area contributed by atoms with E-state index in [2.05, 4.69) is 39.1 Å². The molecule has 2 heterocycles. The molecule has 0 N–H and O–H groups in total. The largest absolute Gasteiger partial charge is 0.374 e. The Balaban J connectivity index is 1.83. The second-order valence-corrected chi connectivity index (χ2v) is 5.43. The molecular formula is C16H18ClN3O. The number of anilines is 1. The number of fused-ring (bicyclic) bond motifs is 1. The van der Waals surface area contributed by atoms with Gasteiger partial charge in [-0.2, -0.15) is 0 Å². The van der Waals surface area contributed by atoms with Crippen LogP contribution in [0.5, 0.6) is 0 Å². The van der Waals surface area contributed by atoms with Gasteiger partial charge in [0.05, 0.1) is 0 Å². The molecule has 0 saturated carbocycles. The number of halogens is 1. The third-order valence-corrected chi connectivity index (χ3v) is 3.81. The molecule has 0 radical (unpaired) electrons.